The molecule has 0 fully saturated rings. The monoisotopic (exact) mass is 339 g/mol. The minimum Gasteiger partial charge on any atom is -0.547 e. The van der Waals surface area contributed by atoms with Gasteiger partial charge in [0.05, 0.1) is 20.1 Å². The van der Waals surface area contributed by atoms with E-state index in [2.05, 4.69) is 74.8 Å². The minimum atomic E-state index is -1.46. The van der Waals surface area contributed by atoms with Crippen LogP contribution in [-0.4, -0.2) is 24.9 Å². The number of alkyl halides is 2. The number of carbonyl (C=O) groups excluding carboxylic acids is 1. The van der Waals surface area contributed by atoms with E-state index in [0.29, 0.717) is 0 Å². The summed E-state index contributed by atoms with van der Waals surface area (Å²) in [4.78, 5) is 7.93. The van der Waals surface area contributed by atoms with Crippen LogP contribution < -0.4 is 9.59 Å². The van der Waals surface area contributed by atoms with Gasteiger partial charge in [-0.2, -0.15) is 0 Å². The van der Waals surface area contributed by atoms with Crippen molar-refractivity contribution in [1.82, 2.24) is 4.48 Å². The van der Waals surface area contributed by atoms with Crippen molar-refractivity contribution in [3.8, 4) is 0 Å². The summed E-state index contributed by atoms with van der Waals surface area (Å²) in [5, 5.41) is 9.32. The van der Waals surface area contributed by atoms with Crippen molar-refractivity contribution >= 4 is 34.9 Å². The van der Waals surface area contributed by atoms with Crippen molar-refractivity contribution in [2.75, 3.05) is 14.1 Å². The highest BCUT2D eigenvalue weighted by Gasteiger charge is 2.18. The predicted octanol–water partition coefficient (Wildman–Crippen LogP) is 2.99. The molecular formula is C17H19Cl2NO2. The Morgan fingerprint density at radius 1 is 1.00 bits per heavy atom. The second-order valence-electron chi connectivity index (χ2n) is 5.28. The van der Waals surface area contributed by atoms with Gasteiger partial charge in [-0.3, -0.25) is 4.48 Å². The highest BCUT2D eigenvalue weighted by molar-refractivity contribution is 6.52. The van der Waals surface area contributed by atoms with Crippen LogP contribution in [0, 0.1) is 0 Å². The number of hydrogen-bond donors (Lipinski definition) is 0. The molecule has 0 bridgehead atoms. The number of aliphatic carboxylic acids is 1. The third-order valence-electron chi connectivity index (χ3n) is 3.05. The summed E-state index contributed by atoms with van der Waals surface area (Å²) < 4.78 is 0.880. The van der Waals surface area contributed by atoms with Crippen LogP contribution in [0.15, 0.2) is 60.7 Å². The molecule has 0 saturated heterocycles. The first-order valence-corrected chi connectivity index (χ1v) is 7.62. The molecule has 5 heteroatoms. The molecule has 0 saturated carbocycles. The minimum absolute atomic E-state index is 0.880. The Morgan fingerprint density at radius 3 is 1.82 bits per heavy atom. The second kappa shape index (κ2) is 8.79. The molecule has 0 unspecified atom stereocenters. The fraction of sp³-hybridized carbons (Fsp3) is 0.235. The normalized spacial score (nSPS) is 10.8. The number of para-hydroxylation sites is 1. The van der Waals surface area contributed by atoms with Crippen LogP contribution in [0.5, 0.6) is 0 Å². The maximum atomic E-state index is 9.32. The third-order valence-corrected chi connectivity index (χ3v) is 3.41. The molecule has 118 valence electrons. The quantitative estimate of drug-likeness (QED) is 0.634. The summed E-state index contributed by atoms with van der Waals surface area (Å²) in [5.74, 6) is -1.46. The summed E-state index contributed by atoms with van der Waals surface area (Å²) in [6.07, 6.45) is 0. The topological polar surface area (TPSA) is 40.1 Å². The number of rotatable bonds is 4. The van der Waals surface area contributed by atoms with E-state index in [-0.39, 0.29) is 0 Å². The third kappa shape index (κ3) is 6.48. The van der Waals surface area contributed by atoms with E-state index in [1.165, 1.54) is 11.3 Å². The lowest BCUT2D eigenvalue weighted by Crippen LogP contribution is -2.39. The van der Waals surface area contributed by atoms with Crippen LogP contribution in [0.2, 0.25) is 0 Å². The SMILES string of the molecule is C[N+](C)(Cc1ccccc1)c1ccccc1.O=C([O-])C(Cl)Cl. The van der Waals surface area contributed by atoms with Crippen molar-refractivity contribution in [2.24, 2.45) is 0 Å². The van der Waals surface area contributed by atoms with Gasteiger partial charge in [-0.25, -0.2) is 0 Å². The van der Waals surface area contributed by atoms with Crippen molar-refractivity contribution < 1.29 is 9.90 Å². The molecule has 0 amide bonds. The lowest BCUT2D eigenvalue weighted by Gasteiger charge is -2.29. The van der Waals surface area contributed by atoms with Gasteiger partial charge in [0.1, 0.15) is 17.1 Å². The van der Waals surface area contributed by atoms with Crippen LogP contribution in [0.3, 0.4) is 0 Å². The largest absolute Gasteiger partial charge is 0.547 e. The van der Waals surface area contributed by atoms with Crippen LogP contribution in [0.1, 0.15) is 5.56 Å². The molecule has 2 aromatic carbocycles. The Hall–Kier alpha value is -1.55. The Morgan fingerprint density at radius 2 is 1.41 bits per heavy atom. The first-order valence-electron chi connectivity index (χ1n) is 6.74. The molecule has 0 atom stereocenters. The molecule has 0 aromatic heterocycles. The number of carboxylic acid groups (broad SMARTS) is 1. The molecule has 0 aliphatic rings. The number of benzene rings is 2. The zero-order valence-corrected chi connectivity index (χ0v) is 14.1. The van der Waals surface area contributed by atoms with Gasteiger partial charge in [0.2, 0.25) is 0 Å². The van der Waals surface area contributed by atoms with Gasteiger partial charge in [0.15, 0.2) is 0 Å². The molecule has 3 nitrogen and oxygen atoms in total. The molecule has 2 rings (SSSR count). The van der Waals surface area contributed by atoms with Crippen molar-refractivity contribution in [3.63, 3.8) is 0 Å². The molecule has 0 N–H and O–H groups in total. The number of carboxylic acids is 1. The van der Waals surface area contributed by atoms with Crippen LogP contribution in [-0.2, 0) is 11.3 Å². The molecule has 22 heavy (non-hydrogen) atoms. The van der Waals surface area contributed by atoms with Gasteiger partial charge in [-0.1, -0.05) is 71.7 Å². The first kappa shape index (κ1) is 18.5. The van der Waals surface area contributed by atoms with E-state index in [0.717, 1.165) is 11.0 Å². The lowest BCUT2D eigenvalue weighted by atomic mass is 10.2. The number of quaternary nitrogens is 1. The van der Waals surface area contributed by atoms with Crippen LogP contribution in [0.25, 0.3) is 0 Å². The predicted molar refractivity (Wildman–Crippen MR) is 90.7 cm³/mol. The fourth-order valence-electron chi connectivity index (χ4n) is 1.96. The average Bonchev–Trinajstić information content (AvgIpc) is 2.49. The van der Waals surface area contributed by atoms with E-state index < -0.39 is 10.8 Å². The number of halogens is 2. The molecule has 0 spiro atoms. The standard InChI is InChI=1S/C15H18N.C2H2Cl2O2/c1-16(2,15-11-7-4-8-12-15)13-14-9-5-3-6-10-14;3-1(4)2(5)6/h3-12H,13H2,1-2H3;1H,(H,5,6)/q+1;/p-1. The Bertz CT molecular complexity index is 572. The fourth-order valence-corrected chi connectivity index (χ4v) is 1.96. The maximum Gasteiger partial charge on any atom is 0.146 e. The van der Waals surface area contributed by atoms with E-state index in [4.69, 9.17) is 23.2 Å². The summed E-state index contributed by atoms with van der Waals surface area (Å²) in [7, 11) is 4.48. The smallest absolute Gasteiger partial charge is 0.146 e. The zero-order valence-electron chi connectivity index (χ0n) is 12.6. The van der Waals surface area contributed by atoms with Gasteiger partial charge >= 0.3 is 0 Å². The molecular weight excluding hydrogens is 321 g/mol. The molecule has 0 aliphatic carbocycles. The maximum absolute atomic E-state index is 9.32. The number of carbonyl (C=O) groups is 1. The van der Waals surface area contributed by atoms with E-state index in [1.54, 1.807) is 0 Å². The molecule has 2 aromatic rings. The Balaban J connectivity index is 0.000000346. The molecule has 0 aliphatic heterocycles. The summed E-state index contributed by atoms with van der Waals surface area (Å²) in [5.41, 5.74) is 2.71. The first-order chi connectivity index (χ1) is 10.3. The van der Waals surface area contributed by atoms with E-state index in [1.807, 2.05) is 0 Å². The summed E-state index contributed by atoms with van der Waals surface area (Å²) in [6, 6.07) is 21.2. The highest BCUT2D eigenvalue weighted by Crippen LogP contribution is 2.21. The molecule has 0 radical (unpaired) electrons. The van der Waals surface area contributed by atoms with E-state index >= 15 is 0 Å². The van der Waals surface area contributed by atoms with Crippen molar-refractivity contribution in [2.45, 2.75) is 11.4 Å². The Labute approximate surface area is 141 Å². The average molecular weight is 340 g/mol. The summed E-state index contributed by atoms with van der Waals surface area (Å²) >= 11 is 9.43. The van der Waals surface area contributed by atoms with Crippen molar-refractivity contribution in [1.29, 1.82) is 0 Å². The number of nitrogens with zero attached hydrogens (tertiary/aromatic N) is 1. The van der Waals surface area contributed by atoms with Crippen LogP contribution in [0.4, 0.5) is 5.69 Å². The van der Waals surface area contributed by atoms with Gasteiger partial charge in [0.25, 0.3) is 0 Å². The zero-order chi connectivity index (χ0) is 16.6. The summed E-state index contributed by atoms with van der Waals surface area (Å²) in [6.45, 7) is 1.02. The second-order valence-corrected chi connectivity index (χ2v) is 6.38. The lowest BCUT2D eigenvalue weighted by molar-refractivity contribution is -0.303. The Kier molecular flexibility index (Phi) is 7.39. The molecule has 0 heterocycles. The highest BCUT2D eigenvalue weighted by atomic mass is 35.5. The van der Waals surface area contributed by atoms with Gasteiger partial charge in [0, 0.05) is 5.56 Å². The van der Waals surface area contributed by atoms with Crippen LogP contribution >= 0.6 is 23.2 Å². The van der Waals surface area contributed by atoms with Gasteiger partial charge in [-0.15, -0.1) is 0 Å². The van der Waals surface area contributed by atoms with E-state index in [9.17, 15) is 9.90 Å². The number of hydrogen-bond acceptors (Lipinski definition) is 2. The van der Waals surface area contributed by atoms with Gasteiger partial charge in [-0.05, 0) is 12.1 Å². The van der Waals surface area contributed by atoms with Crippen molar-refractivity contribution in [3.05, 3.63) is 66.2 Å². The van der Waals surface area contributed by atoms with Gasteiger partial charge < -0.3 is 9.90 Å².